The molecule has 1 heterocycles. The van der Waals surface area contributed by atoms with Crippen LogP contribution in [0.15, 0.2) is 53.4 Å². The Hall–Kier alpha value is -1.81. The summed E-state index contributed by atoms with van der Waals surface area (Å²) in [6.45, 7) is 9.82. The van der Waals surface area contributed by atoms with E-state index in [1.54, 1.807) is 0 Å². The zero-order chi connectivity index (χ0) is 23.9. The highest BCUT2D eigenvalue weighted by Gasteiger charge is 2.47. The molecule has 0 saturated carbocycles. The fourth-order valence-electron chi connectivity index (χ4n) is 5.74. The summed E-state index contributed by atoms with van der Waals surface area (Å²) in [5, 5.41) is 3.56. The van der Waals surface area contributed by atoms with Gasteiger partial charge >= 0.3 is 0 Å². The molecule has 1 N–H and O–H groups in total. The molecule has 3 unspecified atom stereocenters. The van der Waals surface area contributed by atoms with Crippen LogP contribution >= 0.6 is 0 Å². The minimum atomic E-state index is -3.38. The Morgan fingerprint density at radius 1 is 0.939 bits per heavy atom. The first-order chi connectivity index (χ1) is 15.9. The Labute approximate surface area is 202 Å². The van der Waals surface area contributed by atoms with E-state index in [4.69, 9.17) is 0 Å². The molecule has 2 aromatic rings. The fourth-order valence-corrected chi connectivity index (χ4v) is 8.08. The zero-order valence-electron chi connectivity index (χ0n) is 21.1. The van der Waals surface area contributed by atoms with Crippen LogP contribution in [0.5, 0.6) is 0 Å². The van der Waals surface area contributed by atoms with Gasteiger partial charge in [-0.1, -0.05) is 90.1 Å². The third kappa shape index (κ3) is 5.82. The Morgan fingerprint density at radius 2 is 1.67 bits per heavy atom. The van der Waals surface area contributed by atoms with Crippen molar-refractivity contribution >= 4 is 15.5 Å². The number of hydrogen-bond acceptors (Lipinski definition) is 3. The number of anilines is 1. The maximum atomic E-state index is 13.8. The molecule has 33 heavy (non-hydrogen) atoms. The third-order valence-corrected chi connectivity index (χ3v) is 9.87. The van der Waals surface area contributed by atoms with Crippen molar-refractivity contribution in [2.45, 2.75) is 89.9 Å². The number of hydrogen-bond donors (Lipinski definition) is 1. The SMILES string of the molecule is CCCCCCNc1ccc2c(c1)C(c1ccccc1)C(C)C(CC)(CCCC)CS2(=O)=O. The van der Waals surface area contributed by atoms with Gasteiger partial charge in [-0.15, -0.1) is 0 Å². The van der Waals surface area contributed by atoms with Crippen molar-refractivity contribution in [3.8, 4) is 0 Å². The third-order valence-electron chi connectivity index (χ3n) is 7.87. The van der Waals surface area contributed by atoms with Crippen molar-refractivity contribution in [2.75, 3.05) is 17.6 Å². The van der Waals surface area contributed by atoms with Crippen LogP contribution in [0.3, 0.4) is 0 Å². The predicted molar refractivity (Wildman–Crippen MR) is 141 cm³/mol. The normalized spacial score (nSPS) is 24.1. The Morgan fingerprint density at radius 3 is 2.33 bits per heavy atom. The molecule has 0 fully saturated rings. The first-order valence-corrected chi connectivity index (χ1v) is 14.7. The average Bonchev–Trinajstić information content (AvgIpc) is 2.89. The number of nitrogens with one attached hydrogen (secondary N) is 1. The second-order valence-electron chi connectivity index (χ2n) is 10.00. The van der Waals surface area contributed by atoms with Crippen LogP contribution in [0.1, 0.15) is 96.1 Å². The number of unbranched alkanes of at least 4 members (excludes halogenated alkanes) is 4. The van der Waals surface area contributed by atoms with Crippen LogP contribution in [0.2, 0.25) is 0 Å². The molecular weight excluding hydrogens is 426 g/mol. The zero-order valence-corrected chi connectivity index (χ0v) is 21.9. The Kier molecular flexibility index (Phi) is 9.03. The number of sulfone groups is 1. The molecule has 0 saturated heterocycles. The highest BCUT2D eigenvalue weighted by molar-refractivity contribution is 7.91. The van der Waals surface area contributed by atoms with E-state index < -0.39 is 9.84 Å². The Balaban J connectivity index is 2.08. The van der Waals surface area contributed by atoms with E-state index in [0.717, 1.165) is 49.9 Å². The molecule has 0 aliphatic carbocycles. The van der Waals surface area contributed by atoms with E-state index in [2.05, 4.69) is 63.3 Å². The molecule has 4 heteroatoms. The number of benzene rings is 2. The van der Waals surface area contributed by atoms with E-state index in [1.165, 1.54) is 24.8 Å². The summed E-state index contributed by atoms with van der Waals surface area (Å²) in [6, 6.07) is 16.5. The highest BCUT2D eigenvalue weighted by atomic mass is 32.2. The van der Waals surface area contributed by atoms with Crippen LogP contribution in [-0.4, -0.2) is 20.7 Å². The van der Waals surface area contributed by atoms with Gasteiger partial charge in [0.25, 0.3) is 0 Å². The largest absolute Gasteiger partial charge is 0.385 e. The molecule has 3 nitrogen and oxygen atoms in total. The van der Waals surface area contributed by atoms with E-state index in [0.29, 0.717) is 4.90 Å². The maximum absolute atomic E-state index is 13.8. The van der Waals surface area contributed by atoms with Crippen LogP contribution < -0.4 is 5.32 Å². The van der Waals surface area contributed by atoms with Crippen molar-refractivity contribution in [1.82, 2.24) is 0 Å². The Bertz CT molecular complexity index is 986. The molecule has 3 rings (SSSR count). The van der Waals surface area contributed by atoms with Crippen molar-refractivity contribution in [1.29, 1.82) is 0 Å². The van der Waals surface area contributed by atoms with Gasteiger partial charge in [0.1, 0.15) is 0 Å². The lowest BCUT2D eigenvalue weighted by Gasteiger charge is -2.41. The first-order valence-electron chi connectivity index (χ1n) is 13.0. The van der Waals surface area contributed by atoms with Crippen molar-refractivity contribution in [2.24, 2.45) is 11.3 Å². The molecule has 0 bridgehead atoms. The smallest absolute Gasteiger partial charge is 0.179 e. The summed E-state index contributed by atoms with van der Waals surface area (Å²) >= 11 is 0. The van der Waals surface area contributed by atoms with Gasteiger partial charge in [-0.05, 0) is 59.9 Å². The van der Waals surface area contributed by atoms with Crippen LogP contribution in [-0.2, 0) is 9.84 Å². The summed E-state index contributed by atoms with van der Waals surface area (Å²) in [5.74, 6) is 0.544. The second kappa shape index (κ2) is 11.6. The van der Waals surface area contributed by atoms with Crippen molar-refractivity contribution in [3.05, 3.63) is 59.7 Å². The molecule has 182 valence electrons. The summed E-state index contributed by atoms with van der Waals surface area (Å²) in [5.41, 5.74) is 3.00. The van der Waals surface area contributed by atoms with E-state index >= 15 is 0 Å². The molecule has 0 radical (unpaired) electrons. The summed E-state index contributed by atoms with van der Waals surface area (Å²) in [6.07, 6.45) is 8.84. The van der Waals surface area contributed by atoms with Gasteiger partial charge in [0.05, 0.1) is 10.6 Å². The summed E-state index contributed by atoms with van der Waals surface area (Å²) in [4.78, 5) is 0.534. The molecule has 0 amide bonds. The van der Waals surface area contributed by atoms with Gasteiger partial charge in [0.2, 0.25) is 0 Å². The standard InChI is InChI=1S/C29H43NO2S/c1-5-8-10-14-20-30-25-17-18-27-26(21-25)28(24-15-12-11-13-16-24)23(4)29(7-3,19-9-6-2)22-33(27,31)32/h11-13,15-18,21,23,28,30H,5-10,14,19-20,22H2,1-4H3. The molecule has 0 spiro atoms. The molecule has 1 aliphatic heterocycles. The number of fused-ring (bicyclic) bond motifs is 1. The lowest BCUT2D eigenvalue weighted by molar-refractivity contribution is 0.160. The predicted octanol–water partition coefficient (Wildman–Crippen LogP) is 7.82. The van der Waals surface area contributed by atoms with E-state index in [-0.39, 0.29) is 23.0 Å². The topological polar surface area (TPSA) is 46.2 Å². The van der Waals surface area contributed by atoms with Crippen molar-refractivity contribution < 1.29 is 8.42 Å². The maximum Gasteiger partial charge on any atom is 0.179 e. The summed E-state index contributed by atoms with van der Waals surface area (Å²) in [7, 11) is -3.38. The molecule has 0 aromatic heterocycles. The lowest BCUT2D eigenvalue weighted by atomic mass is 9.64. The molecule has 1 aliphatic rings. The summed E-state index contributed by atoms with van der Waals surface area (Å²) < 4.78 is 27.6. The van der Waals surface area contributed by atoms with Gasteiger partial charge in [-0.2, -0.15) is 0 Å². The minimum absolute atomic E-state index is 0.0668. The fraction of sp³-hybridized carbons (Fsp3) is 0.586. The van der Waals surface area contributed by atoms with Gasteiger partial charge in [0, 0.05) is 18.2 Å². The van der Waals surface area contributed by atoms with Gasteiger partial charge in [-0.25, -0.2) is 8.42 Å². The first kappa shape index (κ1) is 25.8. The minimum Gasteiger partial charge on any atom is -0.385 e. The van der Waals surface area contributed by atoms with Crippen LogP contribution in [0.25, 0.3) is 0 Å². The van der Waals surface area contributed by atoms with Gasteiger partial charge < -0.3 is 5.32 Å². The van der Waals surface area contributed by atoms with Gasteiger partial charge in [0.15, 0.2) is 9.84 Å². The monoisotopic (exact) mass is 469 g/mol. The van der Waals surface area contributed by atoms with Gasteiger partial charge in [-0.3, -0.25) is 0 Å². The van der Waals surface area contributed by atoms with E-state index in [9.17, 15) is 8.42 Å². The van der Waals surface area contributed by atoms with E-state index in [1.807, 2.05) is 18.2 Å². The quantitative estimate of drug-likeness (QED) is 0.341. The van der Waals surface area contributed by atoms with Crippen LogP contribution in [0.4, 0.5) is 5.69 Å². The van der Waals surface area contributed by atoms with Crippen LogP contribution in [0, 0.1) is 11.3 Å². The molecule has 3 atom stereocenters. The highest BCUT2D eigenvalue weighted by Crippen LogP contribution is 2.52. The lowest BCUT2D eigenvalue weighted by Crippen LogP contribution is -2.37. The number of rotatable bonds is 11. The average molecular weight is 470 g/mol. The van der Waals surface area contributed by atoms with Crippen molar-refractivity contribution in [3.63, 3.8) is 0 Å². The molecule has 2 aromatic carbocycles. The second-order valence-corrected chi connectivity index (χ2v) is 12.0. The molecular formula is C29H43NO2S.